The Morgan fingerprint density at radius 3 is 1.17 bits per heavy atom. The highest BCUT2D eigenvalue weighted by Gasteiger charge is 2.23. The summed E-state index contributed by atoms with van der Waals surface area (Å²) in [7, 11) is -4.94. The lowest BCUT2D eigenvalue weighted by molar-refractivity contribution is -2.00. The van der Waals surface area contributed by atoms with E-state index in [9.17, 15) is 0 Å². The standard InChI is InChI=1S/C21H15N2O.ClHO4/c1-4-10-16(11-5-1)19-22-20(17-12-6-2-7-13-17)24-21(23-19)18-14-8-3-9-15-18;2-1(3,4)5/h1-15H;(H,2,3,4,5)/q+1;/p-1. The number of hydrogen-bond donors (Lipinski definition) is 0. The van der Waals surface area contributed by atoms with Crippen LogP contribution < -0.4 is 18.6 Å². The van der Waals surface area contributed by atoms with Crippen LogP contribution in [-0.4, -0.2) is 9.97 Å². The zero-order valence-electron chi connectivity index (χ0n) is 15.0. The highest BCUT2D eigenvalue weighted by Crippen LogP contribution is 2.27. The zero-order chi connectivity index (χ0) is 20.7. The lowest BCUT2D eigenvalue weighted by atomic mass is 10.2. The summed E-state index contributed by atoms with van der Waals surface area (Å²) in [6.07, 6.45) is 0. The molecule has 0 spiro atoms. The van der Waals surface area contributed by atoms with Gasteiger partial charge in [0.25, 0.3) is 0 Å². The molecule has 0 amide bonds. The monoisotopic (exact) mass is 410 g/mol. The lowest BCUT2D eigenvalue weighted by Gasteiger charge is -2.17. The molecule has 0 N–H and O–H groups in total. The van der Waals surface area contributed by atoms with Gasteiger partial charge in [-0.3, -0.25) is 0 Å². The molecule has 0 fully saturated rings. The van der Waals surface area contributed by atoms with Crippen LogP contribution in [0.2, 0.25) is 0 Å². The first-order valence-electron chi connectivity index (χ1n) is 8.40. The SMILES string of the molecule is [O-][Cl+3]([O-])([O-])[O-].c1ccc(-c2nc(-c3ccccc3)[o+]c(-c3ccccc3)n2)cc1. The van der Waals surface area contributed by atoms with Gasteiger partial charge in [0.05, 0.1) is 0 Å². The maximum absolute atomic E-state index is 8.49. The minimum atomic E-state index is -4.94. The van der Waals surface area contributed by atoms with Gasteiger partial charge in [-0.15, -0.1) is 20.2 Å². The van der Waals surface area contributed by atoms with Crippen LogP contribution >= 0.6 is 0 Å². The average molecular weight is 411 g/mol. The first-order valence-corrected chi connectivity index (χ1v) is 9.64. The molecule has 0 aliphatic rings. The summed E-state index contributed by atoms with van der Waals surface area (Å²) in [6, 6.07) is 29.7. The highest BCUT2D eigenvalue weighted by molar-refractivity contribution is 5.63. The van der Waals surface area contributed by atoms with Gasteiger partial charge in [-0.2, -0.15) is 4.42 Å². The topological polar surface area (TPSA) is 129 Å². The van der Waals surface area contributed by atoms with Crippen molar-refractivity contribution in [2.24, 2.45) is 0 Å². The van der Waals surface area contributed by atoms with Gasteiger partial charge in [0, 0.05) is 5.56 Å². The van der Waals surface area contributed by atoms with Crippen molar-refractivity contribution in [2.75, 3.05) is 0 Å². The average Bonchev–Trinajstić information content (AvgIpc) is 2.74. The normalized spacial score (nSPS) is 10.8. The Kier molecular flexibility index (Phi) is 6.61. The number of halogens is 1. The predicted octanol–water partition coefficient (Wildman–Crippen LogP) is 0.596. The molecule has 0 unspecified atom stereocenters. The fraction of sp³-hybridized carbons (Fsp3) is 0. The van der Waals surface area contributed by atoms with Gasteiger partial charge in [0.2, 0.25) is 0 Å². The Balaban J connectivity index is 0.000000431. The van der Waals surface area contributed by atoms with Crippen LogP contribution in [0.3, 0.4) is 0 Å². The zero-order valence-corrected chi connectivity index (χ0v) is 15.7. The third-order valence-electron chi connectivity index (χ3n) is 3.68. The molecule has 7 nitrogen and oxygen atoms in total. The van der Waals surface area contributed by atoms with E-state index < -0.39 is 10.2 Å². The van der Waals surface area contributed by atoms with Gasteiger partial charge < -0.3 is 0 Å². The number of benzene rings is 3. The summed E-state index contributed by atoms with van der Waals surface area (Å²) in [5.74, 6) is 1.77. The Labute approximate surface area is 168 Å². The van der Waals surface area contributed by atoms with Crippen LogP contribution in [0.25, 0.3) is 34.3 Å². The molecule has 0 atom stereocenters. The molecule has 1 heterocycles. The third-order valence-corrected chi connectivity index (χ3v) is 3.68. The summed E-state index contributed by atoms with van der Waals surface area (Å²) in [4.78, 5) is 9.24. The smallest absolute Gasteiger partial charge is 0.222 e. The summed E-state index contributed by atoms with van der Waals surface area (Å²) >= 11 is 0. The van der Waals surface area contributed by atoms with E-state index in [0.29, 0.717) is 17.6 Å². The molecule has 0 aliphatic heterocycles. The van der Waals surface area contributed by atoms with E-state index in [-0.39, 0.29) is 0 Å². The van der Waals surface area contributed by atoms with Crippen molar-refractivity contribution in [3.05, 3.63) is 91.0 Å². The molecule has 4 aromatic rings. The highest BCUT2D eigenvalue weighted by atomic mass is 35.7. The maximum atomic E-state index is 8.49. The summed E-state index contributed by atoms with van der Waals surface area (Å²) in [6.45, 7) is 0. The molecule has 146 valence electrons. The van der Waals surface area contributed by atoms with E-state index in [0.717, 1.165) is 16.7 Å². The van der Waals surface area contributed by atoms with Crippen molar-refractivity contribution in [1.82, 2.24) is 9.97 Å². The fourth-order valence-corrected chi connectivity index (χ4v) is 2.48. The third kappa shape index (κ3) is 6.42. The van der Waals surface area contributed by atoms with Crippen LogP contribution in [0.4, 0.5) is 0 Å². The molecule has 0 bridgehead atoms. The molecular weight excluding hydrogens is 396 g/mol. The summed E-state index contributed by atoms with van der Waals surface area (Å²) < 4.78 is 40.0. The Morgan fingerprint density at radius 1 is 0.517 bits per heavy atom. The minimum Gasteiger partial charge on any atom is -0.222 e. The van der Waals surface area contributed by atoms with Gasteiger partial charge in [0.15, 0.2) is 5.82 Å². The van der Waals surface area contributed by atoms with Gasteiger partial charge in [0.1, 0.15) is 11.1 Å². The molecule has 3 aromatic carbocycles. The quantitative estimate of drug-likeness (QED) is 0.452. The van der Waals surface area contributed by atoms with Crippen LogP contribution in [-0.2, 0) is 0 Å². The Morgan fingerprint density at radius 2 is 0.828 bits per heavy atom. The van der Waals surface area contributed by atoms with Crippen molar-refractivity contribution in [3.63, 3.8) is 0 Å². The van der Waals surface area contributed by atoms with Gasteiger partial charge in [-0.1, -0.05) is 66.7 Å². The Hall–Kier alpha value is -3.20. The van der Waals surface area contributed by atoms with Gasteiger partial charge in [-0.05, 0) is 24.3 Å². The minimum absolute atomic E-state index is 0.559. The molecule has 29 heavy (non-hydrogen) atoms. The van der Waals surface area contributed by atoms with Gasteiger partial charge in [-0.25, -0.2) is 18.6 Å². The molecule has 0 radical (unpaired) electrons. The van der Waals surface area contributed by atoms with Crippen LogP contribution in [0.5, 0.6) is 0 Å². The first kappa shape index (κ1) is 20.5. The van der Waals surface area contributed by atoms with Crippen LogP contribution in [0.15, 0.2) is 95.4 Å². The molecule has 8 heteroatoms. The summed E-state index contributed by atoms with van der Waals surface area (Å²) in [5, 5.41) is 0. The Bertz CT molecular complexity index is 897. The van der Waals surface area contributed by atoms with Crippen LogP contribution in [0, 0.1) is 10.2 Å². The van der Waals surface area contributed by atoms with E-state index in [1.54, 1.807) is 0 Å². The molecule has 0 aliphatic carbocycles. The molecular formula is C21H15ClN2O5. The van der Waals surface area contributed by atoms with Crippen LogP contribution in [0.1, 0.15) is 0 Å². The first-order chi connectivity index (χ1) is 13.9. The lowest BCUT2D eigenvalue weighted by Crippen LogP contribution is -2.68. The van der Waals surface area contributed by atoms with Crippen molar-refractivity contribution in [2.45, 2.75) is 0 Å². The molecule has 1 aromatic heterocycles. The van der Waals surface area contributed by atoms with E-state index >= 15 is 0 Å². The number of rotatable bonds is 3. The molecule has 0 saturated carbocycles. The van der Waals surface area contributed by atoms with Gasteiger partial charge >= 0.3 is 11.8 Å². The van der Waals surface area contributed by atoms with Crippen molar-refractivity contribution in [3.8, 4) is 34.3 Å². The van der Waals surface area contributed by atoms with E-state index in [4.69, 9.17) is 23.1 Å². The van der Waals surface area contributed by atoms with Crippen molar-refractivity contribution < 1.29 is 33.3 Å². The van der Waals surface area contributed by atoms with E-state index in [2.05, 4.69) is 9.97 Å². The number of aromatic nitrogens is 2. The largest absolute Gasteiger partial charge is 0.464 e. The number of nitrogens with zero attached hydrogens (tertiary/aromatic N) is 2. The predicted molar refractivity (Wildman–Crippen MR) is 95.0 cm³/mol. The van der Waals surface area contributed by atoms with Crippen molar-refractivity contribution in [1.29, 1.82) is 0 Å². The van der Waals surface area contributed by atoms with E-state index in [1.807, 2.05) is 91.0 Å². The second kappa shape index (κ2) is 9.33. The molecule has 4 rings (SSSR count). The van der Waals surface area contributed by atoms with E-state index in [1.165, 1.54) is 0 Å². The second-order valence-electron chi connectivity index (χ2n) is 5.74. The van der Waals surface area contributed by atoms with Crippen molar-refractivity contribution >= 4 is 0 Å². The fourth-order valence-electron chi connectivity index (χ4n) is 2.48. The maximum Gasteiger partial charge on any atom is 0.464 e. The molecule has 0 saturated heterocycles. The second-order valence-corrected chi connectivity index (χ2v) is 6.49. The number of hydrogen-bond acceptors (Lipinski definition) is 6. The summed E-state index contributed by atoms with van der Waals surface area (Å²) in [5.41, 5.74) is 2.81.